The molecule has 0 radical (unpaired) electrons. The molecular formula is C24H28N2O6. The summed E-state index contributed by atoms with van der Waals surface area (Å²) in [7, 11) is 8.27. The zero-order valence-electron chi connectivity index (χ0n) is 18.9. The summed E-state index contributed by atoms with van der Waals surface area (Å²) in [6.45, 7) is 0.849. The number of benzene rings is 2. The third kappa shape index (κ3) is 4.27. The largest absolute Gasteiger partial charge is 0.507 e. The van der Waals surface area contributed by atoms with E-state index in [1.165, 1.54) is 26.2 Å². The number of amides is 1. The van der Waals surface area contributed by atoms with E-state index in [4.69, 9.17) is 14.2 Å². The Balaban J connectivity index is 2.23. The van der Waals surface area contributed by atoms with Crippen molar-refractivity contribution in [3.8, 4) is 17.2 Å². The molecule has 1 amide bonds. The first-order valence-corrected chi connectivity index (χ1v) is 10.1. The van der Waals surface area contributed by atoms with Crippen LogP contribution in [0.4, 0.5) is 0 Å². The fourth-order valence-corrected chi connectivity index (χ4v) is 3.77. The van der Waals surface area contributed by atoms with Crippen molar-refractivity contribution in [1.29, 1.82) is 0 Å². The van der Waals surface area contributed by atoms with Crippen molar-refractivity contribution in [3.63, 3.8) is 0 Å². The molecule has 8 nitrogen and oxygen atoms in total. The van der Waals surface area contributed by atoms with Crippen LogP contribution in [0.5, 0.6) is 17.2 Å². The molecule has 0 aliphatic carbocycles. The first-order chi connectivity index (χ1) is 15.3. The van der Waals surface area contributed by atoms with Crippen molar-refractivity contribution in [2.24, 2.45) is 0 Å². The molecule has 0 bridgehead atoms. The van der Waals surface area contributed by atoms with Crippen molar-refractivity contribution in [2.45, 2.75) is 6.04 Å². The van der Waals surface area contributed by atoms with Gasteiger partial charge < -0.3 is 29.1 Å². The molecule has 1 heterocycles. The fourth-order valence-electron chi connectivity index (χ4n) is 3.77. The van der Waals surface area contributed by atoms with Crippen LogP contribution in [-0.4, -0.2) is 75.1 Å². The number of hydrogen-bond acceptors (Lipinski definition) is 7. The van der Waals surface area contributed by atoms with Gasteiger partial charge in [-0.3, -0.25) is 9.59 Å². The summed E-state index contributed by atoms with van der Waals surface area (Å²) in [5.74, 6) is -0.369. The van der Waals surface area contributed by atoms with Gasteiger partial charge in [0, 0.05) is 24.7 Å². The van der Waals surface area contributed by atoms with Gasteiger partial charge in [0.1, 0.15) is 23.0 Å². The molecule has 8 heteroatoms. The van der Waals surface area contributed by atoms with Crippen LogP contribution in [0.1, 0.15) is 17.2 Å². The molecule has 0 spiro atoms. The van der Waals surface area contributed by atoms with Crippen molar-refractivity contribution in [1.82, 2.24) is 9.80 Å². The smallest absolute Gasteiger partial charge is 0.295 e. The topological polar surface area (TPSA) is 88.5 Å². The maximum atomic E-state index is 13.2. The molecular weight excluding hydrogens is 412 g/mol. The van der Waals surface area contributed by atoms with Crippen LogP contribution in [0.15, 0.2) is 48.0 Å². The summed E-state index contributed by atoms with van der Waals surface area (Å²) >= 11 is 0. The number of rotatable bonds is 8. The zero-order valence-corrected chi connectivity index (χ0v) is 18.9. The van der Waals surface area contributed by atoms with Gasteiger partial charge in [0.2, 0.25) is 0 Å². The van der Waals surface area contributed by atoms with Gasteiger partial charge in [-0.2, -0.15) is 0 Å². The third-order valence-corrected chi connectivity index (χ3v) is 5.43. The predicted molar refractivity (Wildman–Crippen MR) is 120 cm³/mol. The molecule has 2 aromatic carbocycles. The van der Waals surface area contributed by atoms with Gasteiger partial charge >= 0.3 is 0 Å². The molecule has 2 aromatic rings. The predicted octanol–water partition coefficient (Wildman–Crippen LogP) is 2.70. The molecule has 1 aliphatic heterocycles. The number of nitrogens with zero attached hydrogens (tertiary/aromatic N) is 2. The molecule has 0 unspecified atom stereocenters. The number of methoxy groups -OCH3 is 3. The standard InChI is InChI=1S/C24H28N2O6/c1-25(2)12-13-26-21(16-8-6-7-9-18(16)31-4)20(23(28)24(26)29)22(27)17-11-10-15(30-3)14-19(17)32-5/h6-11,14,21,27H,12-13H2,1-5H3/t21-/m1/s1. The number of carbonyl (C=O) groups is 2. The molecule has 0 aromatic heterocycles. The zero-order chi connectivity index (χ0) is 23.4. The van der Waals surface area contributed by atoms with Gasteiger partial charge in [0.05, 0.1) is 38.5 Å². The van der Waals surface area contributed by atoms with Crippen molar-refractivity contribution in [2.75, 3.05) is 48.5 Å². The SMILES string of the molecule is COc1ccc(C(O)=C2C(=O)C(=O)N(CCN(C)C)[C@@H]2c2ccccc2OC)c(OC)c1. The highest BCUT2D eigenvalue weighted by Gasteiger charge is 2.47. The van der Waals surface area contributed by atoms with Crippen molar-refractivity contribution >= 4 is 17.4 Å². The van der Waals surface area contributed by atoms with Crippen LogP contribution < -0.4 is 14.2 Å². The Morgan fingerprint density at radius 1 is 1.00 bits per heavy atom. The highest BCUT2D eigenvalue weighted by atomic mass is 16.5. The lowest BCUT2D eigenvalue weighted by atomic mass is 9.94. The van der Waals surface area contributed by atoms with E-state index < -0.39 is 17.7 Å². The van der Waals surface area contributed by atoms with Gasteiger partial charge in [-0.05, 0) is 32.3 Å². The number of ketones is 1. The van der Waals surface area contributed by atoms with Crippen LogP contribution in [0.3, 0.4) is 0 Å². The molecule has 1 saturated heterocycles. The lowest BCUT2D eigenvalue weighted by Gasteiger charge is -2.27. The van der Waals surface area contributed by atoms with Crippen molar-refractivity contribution in [3.05, 3.63) is 59.2 Å². The quantitative estimate of drug-likeness (QED) is 0.384. The lowest BCUT2D eigenvalue weighted by molar-refractivity contribution is -0.140. The number of hydrogen-bond donors (Lipinski definition) is 1. The van der Waals surface area contributed by atoms with E-state index in [0.717, 1.165) is 0 Å². The molecule has 1 fully saturated rings. The van der Waals surface area contributed by atoms with E-state index in [9.17, 15) is 14.7 Å². The minimum Gasteiger partial charge on any atom is -0.507 e. The van der Waals surface area contributed by atoms with Gasteiger partial charge in [0.15, 0.2) is 0 Å². The Hall–Kier alpha value is -3.52. The van der Waals surface area contributed by atoms with Crippen LogP contribution in [0.25, 0.3) is 5.76 Å². The Morgan fingerprint density at radius 3 is 2.31 bits per heavy atom. The molecule has 170 valence electrons. The summed E-state index contributed by atoms with van der Waals surface area (Å²) in [5.41, 5.74) is 0.891. The molecule has 1 atom stereocenters. The van der Waals surface area contributed by atoms with E-state index in [1.54, 1.807) is 42.5 Å². The third-order valence-electron chi connectivity index (χ3n) is 5.43. The van der Waals surface area contributed by atoms with E-state index >= 15 is 0 Å². The van der Waals surface area contributed by atoms with Gasteiger partial charge in [-0.1, -0.05) is 18.2 Å². The monoisotopic (exact) mass is 440 g/mol. The summed E-state index contributed by atoms with van der Waals surface area (Å²) in [6.07, 6.45) is 0. The number of likely N-dealkylation sites (tertiary alicyclic amines) is 1. The highest BCUT2D eigenvalue weighted by molar-refractivity contribution is 6.46. The number of para-hydroxylation sites is 1. The van der Waals surface area contributed by atoms with Crippen LogP contribution in [-0.2, 0) is 9.59 Å². The summed E-state index contributed by atoms with van der Waals surface area (Å²) in [4.78, 5) is 29.6. The highest BCUT2D eigenvalue weighted by Crippen LogP contribution is 2.43. The van der Waals surface area contributed by atoms with Crippen LogP contribution >= 0.6 is 0 Å². The maximum absolute atomic E-state index is 13.2. The minimum absolute atomic E-state index is 0.0123. The summed E-state index contributed by atoms with van der Waals surface area (Å²) < 4.78 is 16.1. The van der Waals surface area contributed by atoms with Crippen LogP contribution in [0.2, 0.25) is 0 Å². The Morgan fingerprint density at radius 2 is 1.69 bits per heavy atom. The fraction of sp³-hybridized carbons (Fsp3) is 0.333. The molecule has 0 saturated carbocycles. The summed E-state index contributed by atoms with van der Waals surface area (Å²) in [5, 5.41) is 11.3. The molecule has 1 aliphatic rings. The summed E-state index contributed by atoms with van der Waals surface area (Å²) in [6, 6.07) is 11.2. The number of ether oxygens (including phenoxy) is 3. The van der Waals surface area contributed by atoms with Gasteiger partial charge in [-0.25, -0.2) is 0 Å². The normalized spacial score (nSPS) is 17.7. The van der Waals surface area contributed by atoms with E-state index in [1.807, 2.05) is 19.0 Å². The van der Waals surface area contributed by atoms with E-state index in [-0.39, 0.29) is 11.3 Å². The van der Waals surface area contributed by atoms with E-state index in [2.05, 4.69) is 0 Å². The number of Topliss-reactive ketones (excluding diaryl/α,β-unsaturated/α-hetero) is 1. The molecule has 32 heavy (non-hydrogen) atoms. The Labute approximate surface area is 187 Å². The lowest BCUT2D eigenvalue weighted by Crippen LogP contribution is -2.35. The van der Waals surface area contributed by atoms with E-state index in [0.29, 0.717) is 41.5 Å². The second-order valence-corrected chi connectivity index (χ2v) is 7.60. The van der Waals surface area contributed by atoms with Crippen LogP contribution in [0, 0.1) is 0 Å². The first kappa shape index (κ1) is 23.1. The Kier molecular flexibility index (Phi) is 7.05. The molecule has 3 rings (SSSR count). The minimum atomic E-state index is -0.807. The average Bonchev–Trinajstić information content (AvgIpc) is 3.06. The number of aliphatic hydroxyl groups excluding tert-OH is 1. The molecule has 1 N–H and O–H groups in total. The number of aliphatic hydroxyl groups is 1. The van der Waals surface area contributed by atoms with Crippen molar-refractivity contribution < 1.29 is 28.9 Å². The average molecular weight is 440 g/mol. The number of likely N-dealkylation sites (N-methyl/N-ethyl adjacent to an activating group) is 1. The van der Waals surface area contributed by atoms with Gasteiger partial charge in [-0.15, -0.1) is 0 Å². The van der Waals surface area contributed by atoms with Gasteiger partial charge in [0.25, 0.3) is 11.7 Å². The Bertz CT molecular complexity index is 1050. The first-order valence-electron chi connectivity index (χ1n) is 10.1. The maximum Gasteiger partial charge on any atom is 0.295 e. The second-order valence-electron chi connectivity index (χ2n) is 7.60. The second kappa shape index (κ2) is 9.74. The number of carbonyl (C=O) groups excluding carboxylic acids is 2.